The van der Waals surface area contributed by atoms with Crippen LogP contribution in [0.25, 0.3) is 6.08 Å². The number of nitrogens with one attached hydrogen (secondary N) is 1. The topological polar surface area (TPSA) is 42.2 Å². The summed E-state index contributed by atoms with van der Waals surface area (Å²) >= 11 is 8.05. The highest BCUT2D eigenvalue weighted by Gasteiger charge is 2.22. The molecule has 1 amide bonds. The predicted octanol–water partition coefficient (Wildman–Crippen LogP) is 1.17. The normalized spacial score (nSPS) is 18.6. The van der Waals surface area contributed by atoms with Crippen LogP contribution in [0.1, 0.15) is 5.76 Å². The lowest BCUT2D eigenvalue weighted by Gasteiger charge is -1.88. The first-order valence-corrected chi connectivity index (χ1v) is 6.16. The number of rotatable bonds is 1. The van der Waals surface area contributed by atoms with E-state index < -0.39 is 0 Å². The maximum Gasteiger partial charge on any atom is 0.263 e. The van der Waals surface area contributed by atoms with Crippen LogP contribution in [-0.4, -0.2) is 18.1 Å². The second-order valence-electron chi connectivity index (χ2n) is 2.73. The molecule has 2 heterocycles. The molecule has 1 fully saturated rings. The Kier molecular flexibility index (Phi) is 3.22. The Balaban J connectivity index is 2.30. The Morgan fingerprint density at radius 2 is 2.40 bits per heavy atom. The highest BCUT2D eigenvalue weighted by Crippen LogP contribution is 2.26. The Labute approximate surface area is 111 Å². The average molecular weight is 347 g/mol. The number of carbonyl (C=O) groups excluding carboxylic acids is 1. The zero-order chi connectivity index (χ0) is 11.0. The van der Waals surface area contributed by atoms with Gasteiger partial charge in [0.15, 0.2) is 3.77 Å². The SMILES string of the molecule is [B]c1cc(/C=C2\SC(=S)NC2=O)oc1I. The second-order valence-corrected chi connectivity index (χ2v) is 5.43. The van der Waals surface area contributed by atoms with Gasteiger partial charge in [0.1, 0.15) is 17.9 Å². The monoisotopic (exact) mass is 347 g/mol. The minimum absolute atomic E-state index is 0.199. The summed E-state index contributed by atoms with van der Waals surface area (Å²) in [5, 5.41) is 2.52. The zero-order valence-electron chi connectivity index (χ0n) is 7.24. The number of hydrogen-bond donors (Lipinski definition) is 1. The van der Waals surface area contributed by atoms with Crippen LogP contribution >= 0.6 is 46.6 Å². The number of halogens is 1. The molecule has 0 bridgehead atoms. The van der Waals surface area contributed by atoms with Gasteiger partial charge < -0.3 is 9.73 Å². The van der Waals surface area contributed by atoms with Crippen molar-refractivity contribution >= 4 is 76.2 Å². The van der Waals surface area contributed by atoms with Gasteiger partial charge in [0.25, 0.3) is 5.91 Å². The van der Waals surface area contributed by atoms with Crippen molar-refractivity contribution in [3.05, 3.63) is 20.5 Å². The molecule has 1 N–H and O–H groups in total. The smallest absolute Gasteiger partial charge is 0.263 e. The van der Waals surface area contributed by atoms with Gasteiger partial charge in [-0.15, -0.1) is 0 Å². The van der Waals surface area contributed by atoms with E-state index in [4.69, 9.17) is 24.5 Å². The number of carbonyl (C=O) groups is 1. The van der Waals surface area contributed by atoms with E-state index in [1.807, 2.05) is 22.6 Å². The highest BCUT2D eigenvalue weighted by molar-refractivity contribution is 14.1. The predicted molar refractivity (Wildman–Crippen MR) is 73.1 cm³/mol. The van der Waals surface area contributed by atoms with E-state index in [0.717, 1.165) is 0 Å². The number of thiocarbonyl (C=S) groups is 1. The van der Waals surface area contributed by atoms with Gasteiger partial charge in [0.05, 0.1) is 4.91 Å². The van der Waals surface area contributed by atoms with Crippen LogP contribution < -0.4 is 10.8 Å². The van der Waals surface area contributed by atoms with Crippen LogP contribution in [0.4, 0.5) is 0 Å². The molecular formula is C8H3BINO2S2. The molecule has 74 valence electrons. The van der Waals surface area contributed by atoms with E-state index in [2.05, 4.69) is 5.32 Å². The first kappa shape index (κ1) is 11.2. The number of furan rings is 1. The molecule has 1 aliphatic rings. The molecule has 0 saturated carbocycles. The van der Waals surface area contributed by atoms with Crippen molar-refractivity contribution in [2.75, 3.05) is 0 Å². The summed E-state index contributed by atoms with van der Waals surface area (Å²) in [6.07, 6.45) is 1.62. The van der Waals surface area contributed by atoms with E-state index in [1.165, 1.54) is 11.8 Å². The van der Waals surface area contributed by atoms with Gasteiger partial charge in [0, 0.05) is 6.08 Å². The fourth-order valence-electron chi connectivity index (χ4n) is 1.02. The third kappa shape index (κ3) is 2.45. The first-order chi connectivity index (χ1) is 7.06. The molecule has 1 aliphatic heterocycles. The third-order valence-corrected chi connectivity index (χ3v) is 3.65. The zero-order valence-corrected chi connectivity index (χ0v) is 11.0. The van der Waals surface area contributed by atoms with Crippen LogP contribution in [0.3, 0.4) is 0 Å². The summed E-state index contributed by atoms with van der Waals surface area (Å²) in [6.45, 7) is 0. The Morgan fingerprint density at radius 1 is 1.67 bits per heavy atom. The fraction of sp³-hybridized carbons (Fsp3) is 0. The van der Waals surface area contributed by atoms with Crippen LogP contribution in [0.2, 0.25) is 0 Å². The van der Waals surface area contributed by atoms with Crippen LogP contribution in [0, 0.1) is 3.77 Å². The summed E-state index contributed by atoms with van der Waals surface area (Å²) in [7, 11) is 5.61. The lowest BCUT2D eigenvalue weighted by atomic mass is 10.0. The second kappa shape index (κ2) is 4.30. The third-order valence-electron chi connectivity index (χ3n) is 1.65. The van der Waals surface area contributed by atoms with Crippen molar-refractivity contribution in [1.82, 2.24) is 5.32 Å². The van der Waals surface area contributed by atoms with Gasteiger partial charge in [-0.1, -0.05) is 24.0 Å². The molecule has 0 aliphatic carbocycles. The number of amides is 1. The minimum Gasteiger partial charge on any atom is -0.452 e. The van der Waals surface area contributed by atoms with Crippen LogP contribution in [0.15, 0.2) is 15.4 Å². The van der Waals surface area contributed by atoms with E-state index in [9.17, 15) is 4.79 Å². The van der Waals surface area contributed by atoms with Crippen molar-refractivity contribution in [1.29, 1.82) is 0 Å². The van der Waals surface area contributed by atoms with Gasteiger partial charge in [-0.25, -0.2) is 0 Å². The standard InChI is InChI=1S/C8H3BINO2S2/c9-4-1-3(13-6(4)10)2-5-7(12)11-8(14)15-5/h1-2H,(H,11,12,14)/b5-2-. The Bertz CT molecular complexity index is 463. The number of thioether (sulfide) groups is 1. The molecule has 3 nitrogen and oxygen atoms in total. The minimum atomic E-state index is -0.199. The highest BCUT2D eigenvalue weighted by atomic mass is 127. The number of hydrogen-bond acceptors (Lipinski definition) is 4. The van der Waals surface area contributed by atoms with Gasteiger partial charge in [-0.05, 0) is 34.1 Å². The molecule has 2 rings (SSSR count). The van der Waals surface area contributed by atoms with E-state index in [-0.39, 0.29) is 5.91 Å². The largest absolute Gasteiger partial charge is 0.452 e. The maximum absolute atomic E-state index is 11.3. The lowest BCUT2D eigenvalue weighted by Crippen LogP contribution is -2.17. The Morgan fingerprint density at radius 3 is 2.87 bits per heavy atom. The summed E-state index contributed by atoms with van der Waals surface area (Å²) in [6, 6.07) is 1.67. The molecule has 2 radical (unpaired) electrons. The van der Waals surface area contributed by atoms with E-state index in [1.54, 1.807) is 12.1 Å². The van der Waals surface area contributed by atoms with Gasteiger partial charge >= 0.3 is 0 Å². The molecule has 0 atom stereocenters. The van der Waals surface area contributed by atoms with Gasteiger partial charge in [0.2, 0.25) is 0 Å². The van der Waals surface area contributed by atoms with Crippen molar-refractivity contribution in [3.63, 3.8) is 0 Å². The molecule has 15 heavy (non-hydrogen) atoms. The Hall–Kier alpha value is -0.275. The molecule has 1 aromatic rings. The van der Waals surface area contributed by atoms with Crippen molar-refractivity contribution in [2.24, 2.45) is 0 Å². The van der Waals surface area contributed by atoms with Crippen LogP contribution in [-0.2, 0) is 4.79 Å². The van der Waals surface area contributed by atoms with Crippen LogP contribution in [0.5, 0.6) is 0 Å². The summed E-state index contributed by atoms with van der Waals surface area (Å²) < 4.78 is 6.38. The first-order valence-electron chi connectivity index (χ1n) is 3.86. The maximum atomic E-state index is 11.3. The molecule has 0 spiro atoms. The summed E-state index contributed by atoms with van der Waals surface area (Å²) in [4.78, 5) is 11.8. The molecule has 0 unspecified atom stereocenters. The molecule has 0 aromatic carbocycles. The molecule has 1 saturated heterocycles. The van der Waals surface area contributed by atoms with Crippen molar-refractivity contribution < 1.29 is 9.21 Å². The van der Waals surface area contributed by atoms with Gasteiger partial charge in [-0.2, -0.15) is 0 Å². The quantitative estimate of drug-likeness (QED) is 0.359. The van der Waals surface area contributed by atoms with E-state index >= 15 is 0 Å². The summed E-state index contributed by atoms with van der Waals surface area (Å²) in [5.74, 6) is 0.356. The fourth-order valence-corrected chi connectivity index (χ4v) is 2.46. The van der Waals surface area contributed by atoms with E-state index in [0.29, 0.717) is 24.2 Å². The van der Waals surface area contributed by atoms with Gasteiger partial charge in [-0.3, -0.25) is 4.79 Å². The molecular weight excluding hydrogens is 344 g/mol. The lowest BCUT2D eigenvalue weighted by molar-refractivity contribution is -0.115. The average Bonchev–Trinajstić information content (AvgIpc) is 2.59. The molecule has 7 heteroatoms. The summed E-state index contributed by atoms with van der Waals surface area (Å²) in [5.41, 5.74) is 0.563. The molecule has 1 aromatic heterocycles. The van der Waals surface area contributed by atoms with Crippen molar-refractivity contribution in [2.45, 2.75) is 0 Å². The van der Waals surface area contributed by atoms with Crippen molar-refractivity contribution in [3.8, 4) is 0 Å².